The molecule has 0 aliphatic rings. The van der Waals surface area contributed by atoms with E-state index in [9.17, 15) is 18.0 Å². The number of anilines is 1. The highest BCUT2D eigenvalue weighted by Crippen LogP contribution is 2.27. The normalized spacial score (nSPS) is 11.9. The summed E-state index contributed by atoms with van der Waals surface area (Å²) in [7, 11) is -2.68. The third kappa shape index (κ3) is 6.85. The molecule has 3 aromatic carbocycles. The monoisotopic (exact) mass is 557 g/mol. The fourth-order valence-corrected chi connectivity index (χ4v) is 5.43. The molecule has 1 atom stereocenters. The molecule has 10 heteroatoms. The van der Waals surface area contributed by atoms with Crippen molar-refractivity contribution in [1.82, 2.24) is 10.2 Å². The van der Waals surface area contributed by atoms with Gasteiger partial charge in [0.05, 0.1) is 17.7 Å². The fraction of sp³-hybridized carbons (Fsp3) is 0.286. The van der Waals surface area contributed by atoms with Crippen molar-refractivity contribution in [1.29, 1.82) is 0 Å². The van der Waals surface area contributed by atoms with E-state index in [0.717, 1.165) is 15.4 Å². The molecule has 0 radical (unpaired) electrons. The van der Waals surface area contributed by atoms with Gasteiger partial charge in [0.1, 0.15) is 18.3 Å². The number of carbonyl (C=O) groups is 2. The summed E-state index contributed by atoms with van der Waals surface area (Å²) in [5.74, 6) is -0.359. The van der Waals surface area contributed by atoms with E-state index in [4.69, 9.17) is 16.3 Å². The molecule has 0 saturated carbocycles. The summed E-state index contributed by atoms with van der Waals surface area (Å²) in [6, 6.07) is 18.8. The Bertz CT molecular complexity index is 1360. The number of hydrogen-bond acceptors (Lipinski definition) is 5. The number of benzene rings is 3. The Morgan fingerprint density at radius 1 is 1.00 bits per heavy atom. The number of likely N-dealkylation sites (N-methyl/N-ethyl adjacent to an activating group) is 1. The summed E-state index contributed by atoms with van der Waals surface area (Å²) in [6.07, 6.45) is 0. The van der Waals surface area contributed by atoms with Crippen molar-refractivity contribution in [2.45, 2.75) is 38.3 Å². The first-order valence-electron chi connectivity index (χ1n) is 12.1. The van der Waals surface area contributed by atoms with Crippen molar-refractivity contribution >= 4 is 39.1 Å². The summed E-state index contributed by atoms with van der Waals surface area (Å²) in [5, 5.41) is 3.17. The average Bonchev–Trinajstić information content (AvgIpc) is 2.91. The van der Waals surface area contributed by atoms with Crippen molar-refractivity contribution in [2.75, 3.05) is 24.5 Å². The standard InChI is InChI=1S/C28H32ClN3O5S/c1-5-30-28(34)21(3)31(18-22-9-7-6-8-20(22)2)27(33)19-32(24-12-10-23(29)11-13-24)38(35,36)26-16-14-25(37-4)15-17-26/h6-17,21H,5,18-19H2,1-4H3,(H,30,34)/t21-/m0/s1. The minimum Gasteiger partial charge on any atom is -0.497 e. The average molecular weight is 558 g/mol. The Balaban J connectivity index is 2.03. The van der Waals surface area contributed by atoms with Crippen LogP contribution in [0, 0.1) is 6.92 Å². The van der Waals surface area contributed by atoms with E-state index in [2.05, 4.69) is 5.32 Å². The SMILES string of the molecule is CCNC(=O)[C@H](C)N(Cc1ccccc1C)C(=O)CN(c1ccc(Cl)cc1)S(=O)(=O)c1ccc(OC)cc1. The highest BCUT2D eigenvalue weighted by molar-refractivity contribution is 7.92. The maximum Gasteiger partial charge on any atom is 0.264 e. The van der Waals surface area contributed by atoms with Crippen LogP contribution in [0.2, 0.25) is 5.02 Å². The zero-order valence-electron chi connectivity index (χ0n) is 21.8. The Morgan fingerprint density at radius 2 is 1.63 bits per heavy atom. The lowest BCUT2D eigenvalue weighted by molar-refractivity contribution is -0.139. The van der Waals surface area contributed by atoms with E-state index < -0.39 is 28.5 Å². The maximum atomic E-state index is 13.8. The van der Waals surface area contributed by atoms with E-state index in [0.29, 0.717) is 17.3 Å². The minimum atomic E-state index is -4.17. The highest BCUT2D eigenvalue weighted by Gasteiger charge is 2.32. The topological polar surface area (TPSA) is 96.0 Å². The molecule has 0 aliphatic carbocycles. The zero-order valence-corrected chi connectivity index (χ0v) is 23.4. The van der Waals surface area contributed by atoms with Crippen molar-refractivity contribution < 1.29 is 22.7 Å². The highest BCUT2D eigenvalue weighted by atomic mass is 35.5. The molecule has 3 aromatic rings. The number of nitrogens with one attached hydrogen (secondary N) is 1. The number of carbonyl (C=O) groups excluding carboxylic acids is 2. The molecule has 8 nitrogen and oxygen atoms in total. The van der Waals surface area contributed by atoms with Gasteiger partial charge in [0.15, 0.2) is 0 Å². The number of methoxy groups -OCH3 is 1. The van der Waals surface area contributed by atoms with Crippen molar-refractivity contribution in [2.24, 2.45) is 0 Å². The van der Waals surface area contributed by atoms with Gasteiger partial charge in [0.2, 0.25) is 11.8 Å². The number of rotatable bonds is 11. The van der Waals surface area contributed by atoms with Gasteiger partial charge in [-0.05, 0) is 80.4 Å². The number of nitrogens with zero attached hydrogens (tertiary/aromatic N) is 2. The molecule has 2 amide bonds. The molecular formula is C28H32ClN3O5S. The Hall–Kier alpha value is -3.56. The number of amides is 2. The fourth-order valence-electron chi connectivity index (χ4n) is 3.89. The molecule has 0 fully saturated rings. The number of halogens is 1. The second-order valence-corrected chi connectivity index (χ2v) is 11.0. The molecule has 0 aromatic heterocycles. The van der Waals surface area contributed by atoms with Gasteiger partial charge in [0.25, 0.3) is 10.0 Å². The van der Waals surface area contributed by atoms with Crippen molar-refractivity contribution in [3.8, 4) is 5.75 Å². The Kier molecular flexibility index (Phi) is 9.77. The number of aryl methyl sites for hydroxylation is 1. The molecule has 0 unspecified atom stereocenters. The first-order chi connectivity index (χ1) is 18.1. The largest absolute Gasteiger partial charge is 0.497 e. The van der Waals surface area contributed by atoms with Gasteiger partial charge in [-0.25, -0.2) is 8.42 Å². The summed E-state index contributed by atoms with van der Waals surface area (Å²) < 4.78 is 33.8. The van der Waals surface area contributed by atoms with Gasteiger partial charge in [0, 0.05) is 18.1 Å². The van der Waals surface area contributed by atoms with Crippen LogP contribution in [0.1, 0.15) is 25.0 Å². The van der Waals surface area contributed by atoms with Crippen LogP contribution >= 0.6 is 11.6 Å². The number of hydrogen-bond donors (Lipinski definition) is 1. The first-order valence-corrected chi connectivity index (χ1v) is 13.9. The van der Waals surface area contributed by atoms with Crippen LogP contribution in [0.5, 0.6) is 5.75 Å². The first kappa shape index (κ1) is 29.0. The molecule has 0 spiro atoms. The lowest BCUT2D eigenvalue weighted by atomic mass is 10.1. The third-order valence-corrected chi connectivity index (χ3v) is 8.20. The number of sulfonamides is 1. The van der Waals surface area contributed by atoms with Crippen LogP contribution < -0.4 is 14.4 Å². The zero-order chi connectivity index (χ0) is 27.9. The summed E-state index contributed by atoms with van der Waals surface area (Å²) >= 11 is 6.05. The van der Waals surface area contributed by atoms with Gasteiger partial charge in [-0.15, -0.1) is 0 Å². The predicted octanol–water partition coefficient (Wildman–Crippen LogP) is 4.41. The second-order valence-electron chi connectivity index (χ2n) is 8.68. The smallest absolute Gasteiger partial charge is 0.264 e. The molecule has 0 bridgehead atoms. The van der Waals surface area contributed by atoms with Crippen LogP contribution in [0.25, 0.3) is 0 Å². The Morgan fingerprint density at radius 3 is 2.21 bits per heavy atom. The maximum absolute atomic E-state index is 13.8. The van der Waals surface area contributed by atoms with E-state index in [-0.39, 0.29) is 23.0 Å². The van der Waals surface area contributed by atoms with E-state index in [1.807, 2.05) is 31.2 Å². The molecular weight excluding hydrogens is 526 g/mol. The molecule has 202 valence electrons. The third-order valence-electron chi connectivity index (χ3n) is 6.16. The molecule has 0 aliphatic heterocycles. The second kappa shape index (κ2) is 12.8. The van der Waals surface area contributed by atoms with Gasteiger partial charge in [-0.2, -0.15) is 0 Å². The lowest BCUT2D eigenvalue weighted by Crippen LogP contribution is -2.51. The van der Waals surface area contributed by atoms with Crippen LogP contribution in [0.3, 0.4) is 0 Å². The summed E-state index contributed by atoms with van der Waals surface area (Å²) in [6.45, 7) is 5.36. The quantitative estimate of drug-likeness (QED) is 0.377. The molecule has 38 heavy (non-hydrogen) atoms. The van der Waals surface area contributed by atoms with Crippen molar-refractivity contribution in [3.05, 3.63) is 88.9 Å². The van der Waals surface area contributed by atoms with Crippen LogP contribution in [0.4, 0.5) is 5.69 Å². The van der Waals surface area contributed by atoms with E-state index in [1.54, 1.807) is 26.0 Å². The minimum absolute atomic E-state index is 0.0109. The molecule has 0 saturated heterocycles. The van der Waals surface area contributed by atoms with Gasteiger partial charge in [-0.1, -0.05) is 35.9 Å². The predicted molar refractivity (Wildman–Crippen MR) is 149 cm³/mol. The molecule has 0 heterocycles. The Labute approximate surface area is 229 Å². The van der Waals surface area contributed by atoms with Gasteiger partial charge >= 0.3 is 0 Å². The number of ether oxygens (including phenoxy) is 1. The molecule has 3 rings (SSSR count). The lowest BCUT2D eigenvalue weighted by Gasteiger charge is -2.32. The summed E-state index contributed by atoms with van der Waals surface area (Å²) in [4.78, 5) is 28.0. The van der Waals surface area contributed by atoms with Gasteiger partial charge in [-0.3, -0.25) is 13.9 Å². The van der Waals surface area contributed by atoms with E-state index >= 15 is 0 Å². The van der Waals surface area contributed by atoms with Crippen LogP contribution in [-0.4, -0.2) is 51.4 Å². The van der Waals surface area contributed by atoms with Crippen molar-refractivity contribution in [3.63, 3.8) is 0 Å². The molecule has 1 N–H and O–H groups in total. The van der Waals surface area contributed by atoms with Gasteiger partial charge < -0.3 is 15.0 Å². The van der Waals surface area contributed by atoms with E-state index in [1.165, 1.54) is 48.4 Å². The van der Waals surface area contributed by atoms with Crippen LogP contribution in [-0.2, 0) is 26.2 Å². The summed E-state index contributed by atoms with van der Waals surface area (Å²) in [5.41, 5.74) is 2.07. The van der Waals surface area contributed by atoms with Crippen LogP contribution in [0.15, 0.2) is 77.7 Å².